The third kappa shape index (κ3) is 4.29. The van der Waals surface area contributed by atoms with E-state index in [2.05, 4.69) is 190 Å². The number of benzene rings is 6. The molecule has 1 aromatic heterocycles. The molecule has 3 aliphatic rings. The van der Waals surface area contributed by atoms with Crippen LogP contribution in [0.5, 0.6) is 0 Å². The average molecular weight is 659 g/mol. The second-order valence-corrected chi connectivity index (χ2v) is 15.9. The Bertz CT molecular complexity index is 2560. The van der Waals surface area contributed by atoms with Crippen LogP contribution in [0.4, 0.5) is 11.4 Å². The molecule has 6 aromatic carbocycles. The maximum absolute atomic E-state index is 2.54. The van der Waals surface area contributed by atoms with E-state index in [1.54, 1.807) is 0 Å². The lowest BCUT2D eigenvalue weighted by atomic mass is 9.74. The van der Waals surface area contributed by atoms with Gasteiger partial charge in [0.15, 0.2) is 0 Å². The number of aryl methyl sites for hydroxylation is 1. The molecule has 0 bridgehead atoms. The normalized spacial score (nSPS) is 17.1. The van der Waals surface area contributed by atoms with Crippen LogP contribution in [0.3, 0.4) is 0 Å². The maximum Gasteiger partial charge on any atom is 0.0578 e. The molecule has 0 radical (unpaired) electrons. The van der Waals surface area contributed by atoms with Crippen LogP contribution in [0.1, 0.15) is 66.8 Å². The Morgan fingerprint density at radius 1 is 0.588 bits per heavy atom. The average Bonchev–Trinajstić information content (AvgIpc) is 3.60. The zero-order chi connectivity index (χ0) is 34.6. The third-order valence-electron chi connectivity index (χ3n) is 12.2. The van der Waals surface area contributed by atoms with Crippen molar-refractivity contribution in [3.05, 3.63) is 179 Å². The van der Waals surface area contributed by atoms with Crippen molar-refractivity contribution in [2.45, 2.75) is 57.9 Å². The van der Waals surface area contributed by atoms with Crippen LogP contribution in [0.15, 0.2) is 140 Å². The largest absolute Gasteiger partial charge is 0.334 e. The molecule has 248 valence electrons. The van der Waals surface area contributed by atoms with Crippen molar-refractivity contribution in [3.63, 3.8) is 0 Å². The zero-order valence-corrected chi connectivity index (χ0v) is 30.0. The number of nitrogens with zero attached hydrogens (tertiary/aromatic N) is 2. The molecule has 1 aliphatic heterocycles. The molecule has 1 unspecified atom stereocenters. The van der Waals surface area contributed by atoms with E-state index in [0.29, 0.717) is 0 Å². The van der Waals surface area contributed by atoms with Crippen molar-refractivity contribution in [2.75, 3.05) is 4.90 Å². The summed E-state index contributed by atoms with van der Waals surface area (Å²) in [6.45, 7) is 11.6. The number of aromatic nitrogens is 1. The highest BCUT2D eigenvalue weighted by atomic mass is 15.2. The van der Waals surface area contributed by atoms with Gasteiger partial charge in [0.1, 0.15) is 0 Å². The lowest BCUT2D eigenvalue weighted by Crippen LogP contribution is -2.33. The topological polar surface area (TPSA) is 8.17 Å². The van der Waals surface area contributed by atoms with Crippen molar-refractivity contribution in [3.8, 4) is 27.9 Å². The van der Waals surface area contributed by atoms with Gasteiger partial charge in [0, 0.05) is 33.3 Å². The van der Waals surface area contributed by atoms with Crippen molar-refractivity contribution < 1.29 is 0 Å². The van der Waals surface area contributed by atoms with Crippen LogP contribution < -0.4 is 4.90 Å². The predicted octanol–water partition coefficient (Wildman–Crippen LogP) is 12.3. The molecule has 2 aliphatic carbocycles. The Balaban J connectivity index is 1.05. The fourth-order valence-electron chi connectivity index (χ4n) is 9.50. The number of hydrogen-bond donors (Lipinski definition) is 0. The minimum atomic E-state index is -0.0651. The minimum absolute atomic E-state index is 0.0164. The van der Waals surface area contributed by atoms with E-state index < -0.39 is 0 Å². The van der Waals surface area contributed by atoms with Crippen molar-refractivity contribution >= 4 is 28.4 Å². The van der Waals surface area contributed by atoms with Gasteiger partial charge in [0.05, 0.1) is 17.2 Å². The molecule has 2 heterocycles. The first-order valence-electron chi connectivity index (χ1n) is 18.4. The monoisotopic (exact) mass is 658 g/mol. The summed E-state index contributed by atoms with van der Waals surface area (Å²) in [5.41, 5.74) is 19.9. The molecule has 7 aromatic rings. The fraction of sp³-hybridized carbons (Fsp3) is 0.184. The second-order valence-electron chi connectivity index (χ2n) is 15.9. The Labute approximate surface area is 301 Å². The van der Waals surface area contributed by atoms with Crippen molar-refractivity contribution in [1.29, 1.82) is 0 Å². The maximum atomic E-state index is 2.54. The molecule has 0 amide bonds. The molecule has 0 saturated carbocycles. The Morgan fingerprint density at radius 3 is 2.00 bits per heavy atom. The lowest BCUT2D eigenvalue weighted by Gasteiger charge is -2.35. The minimum Gasteiger partial charge on any atom is -0.334 e. The molecule has 1 atom stereocenters. The van der Waals surface area contributed by atoms with E-state index in [1.165, 1.54) is 89.3 Å². The van der Waals surface area contributed by atoms with E-state index in [9.17, 15) is 0 Å². The van der Waals surface area contributed by atoms with E-state index >= 15 is 0 Å². The van der Waals surface area contributed by atoms with Crippen LogP contribution in [0.2, 0.25) is 0 Å². The van der Waals surface area contributed by atoms with E-state index in [1.807, 2.05) is 0 Å². The Hall–Kier alpha value is -5.60. The van der Waals surface area contributed by atoms with Crippen molar-refractivity contribution in [1.82, 2.24) is 4.57 Å². The van der Waals surface area contributed by atoms with Gasteiger partial charge in [-0.1, -0.05) is 136 Å². The summed E-state index contributed by atoms with van der Waals surface area (Å²) in [6, 6.07) is 50.3. The molecular formula is C49H42N2. The molecule has 10 rings (SSSR count). The van der Waals surface area contributed by atoms with Gasteiger partial charge in [0.25, 0.3) is 0 Å². The second kappa shape index (κ2) is 10.7. The van der Waals surface area contributed by atoms with E-state index in [4.69, 9.17) is 0 Å². The summed E-state index contributed by atoms with van der Waals surface area (Å²) in [7, 11) is 0. The standard InChI is InChI=1S/C49H42N2/c1-31-17-22-34(23-18-31)50(35-24-19-32(20-25-35)33-21-27-38-37-11-6-7-13-41(37)48(2,3)44(38)29-33)36-26-28-45-40(30-36)39-12-10-15-43-47(39)51(45)46-16-9-8-14-42(46)49(43,4)5/h6-29,36H,30H2,1-5H3. The number of anilines is 2. The van der Waals surface area contributed by atoms with Crippen molar-refractivity contribution in [2.24, 2.45) is 0 Å². The smallest absolute Gasteiger partial charge is 0.0578 e. The van der Waals surface area contributed by atoms with Crippen LogP contribution in [-0.4, -0.2) is 10.6 Å². The molecule has 0 saturated heterocycles. The fourth-order valence-corrected chi connectivity index (χ4v) is 9.50. The van der Waals surface area contributed by atoms with Gasteiger partial charge in [-0.25, -0.2) is 0 Å². The molecule has 0 N–H and O–H groups in total. The first kappa shape index (κ1) is 30.2. The van der Waals surface area contributed by atoms with Gasteiger partial charge in [-0.2, -0.15) is 0 Å². The number of para-hydroxylation sites is 2. The summed E-state index contributed by atoms with van der Waals surface area (Å²) < 4.78 is 2.54. The van der Waals surface area contributed by atoms with E-state index in [-0.39, 0.29) is 16.9 Å². The highest BCUT2D eigenvalue weighted by Crippen LogP contribution is 2.50. The molecular weight excluding hydrogens is 617 g/mol. The van der Waals surface area contributed by atoms with Crippen LogP contribution in [0, 0.1) is 6.92 Å². The van der Waals surface area contributed by atoms with Gasteiger partial charge in [-0.15, -0.1) is 0 Å². The molecule has 2 heteroatoms. The Morgan fingerprint density at radius 2 is 1.22 bits per heavy atom. The van der Waals surface area contributed by atoms with Crippen LogP contribution >= 0.6 is 0 Å². The number of fused-ring (bicyclic) bond motifs is 8. The predicted molar refractivity (Wildman–Crippen MR) is 215 cm³/mol. The first-order valence-corrected chi connectivity index (χ1v) is 18.4. The van der Waals surface area contributed by atoms with Gasteiger partial charge >= 0.3 is 0 Å². The summed E-state index contributed by atoms with van der Waals surface area (Å²) >= 11 is 0. The quantitative estimate of drug-likeness (QED) is 0.183. The van der Waals surface area contributed by atoms with Crippen LogP contribution in [0.25, 0.3) is 44.9 Å². The summed E-state index contributed by atoms with van der Waals surface area (Å²) in [5, 5.41) is 1.38. The first-order chi connectivity index (χ1) is 24.7. The molecule has 2 nitrogen and oxygen atoms in total. The van der Waals surface area contributed by atoms with E-state index in [0.717, 1.165) is 6.42 Å². The Kier molecular flexibility index (Phi) is 6.35. The number of hydrogen-bond acceptors (Lipinski definition) is 1. The lowest BCUT2D eigenvalue weighted by molar-refractivity contribution is 0.628. The molecule has 51 heavy (non-hydrogen) atoms. The summed E-state index contributed by atoms with van der Waals surface area (Å²) in [5.74, 6) is 0. The highest BCUT2D eigenvalue weighted by molar-refractivity contribution is 5.96. The zero-order valence-electron chi connectivity index (χ0n) is 30.0. The summed E-state index contributed by atoms with van der Waals surface area (Å²) in [4.78, 5) is 2.54. The van der Waals surface area contributed by atoms with Gasteiger partial charge in [-0.3, -0.25) is 0 Å². The molecule has 0 fully saturated rings. The third-order valence-corrected chi connectivity index (χ3v) is 12.2. The summed E-state index contributed by atoms with van der Waals surface area (Å²) in [6.07, 6.45) is 5.75. The molecule has 0 spiro atoms. The van der Waals surface area contributed by atoms with Crippen LogP contribution in [-0.2, 0) is 17.3 Å². The SMILES string of the molecule is Cc1ccc(N(c2ccc(-c3ccc4c(c3)C(C)(C)c3ccccc3-4)cc2)C2C=Cc3c(c4cccc5c4n3-c3ccccc3C5(C)C)C2)cc1. The van der Waals surface area contributed by atoms with Gasteiger partial charge < -0.3 is 9.47 Å². The number of rotatable bonds is 4. The highest BCUT2D eigenvalue weighted by Gasteiger charge is 2.38. The van der Waals surface area contributed by atoms with Gasteiger partial charge in [-0.05, 0) is 106 Å². The van der Waals surface area contributed by atoms with Gasteiger partial charge in [0.2, 0.25) is 0 Å².